The van der Waals surface area contributed by atoms with Gasteiger partial charge in [0.05, 0.1) is 4.92 Å². The first-order valence-corrected chi connectivity index (χ1v) is 6.11. The number of nitro benzene ring substituents is 1. The molecule has 100 valence electrons. The molecule has 0 fully saturated rings. The molecule has 0 spiro atoms. The maximum atomic E-state index is 13.1. The second-order valence-electron chi connectivity index (χ2n) is 4.67. The molecule has 0 radical (unpaired) electrons. The van der Waals surface area contributed by atoms with Crippen LogP contribution in [-0.2, 0) is 6.54 Å². The minimum atomic E-state index is -0.479. The zero-order chi connectivity index (χ0) is 13.7. The normalized spacial score (nSPS) is 12.7. The number of rotatable bonds is 6. The molecule has 4 nitrogen and oxygen atoms in total. The van der Waals surface area contributed by atoms with Crippen LogP contribution in [0.4, 0.5) is 10.1 Å². The van der Waals surface area contributed by atoms with Crippen molar-refractivity contribution in [2.45, 2.75) is 39.8 Å². The highest BCUT2D eigenvalue weighted by Gasteiger charge is 2.16. The highest BCUT2D eigenvalue weighted by molar-refractivity contribution is 5.40. The molecule has 18 heavy (non-hydrogen) atoms. The van der Waals surface area contributed by atoms with Crippen LogP contribution in [0.3, 0.4) is 0 Å². The minimum Gasteiger partial charge on any atom is -0.309 e. The highest BCUT2D eigenvalue weighted by Crippen LogP contribution is 2.20. The van der Waals surface area contributed by atoms with Crippen molar-refractivity contribution in [1.29, 1.82) is 0 Å². The van der Waals surface area contributed by atoms with E-state index in [1.807, 2.05) is 0 Å². The first kappa shape index (κ1) is 14.6. The second kappa shape index (κ2) is 6.44. The van der Waals surface area contributed by atoms with E-state index >= 15 is 0 Å². The third-order valence-corrected chi connectivity index (χ3v) is 3.04. The Hall–Kier alpha value is -1.49. The van der Waals surface area contributed by atoms with Crippen LogP contribution in [0.1, 0.15) is 32.8 Å². The molecule has 0 saturated heterocycles. The number of hydrogen-bond donors (Lipinski definition) is 1. The van der Waals surface area contributed by atoms with Gasteiger partial charge in [0.2, 0.25) is 0 Å². The predicted molar refractivity (Wildman–Crippen MR) is 68.8 cm³/mol. The molecule has 1 unspecified atom stereocenters. The SMILES string of the molecule is CCC(NCc1cc(F)ccc1[N+](=O)[O-])C(C)C. The first-order chi connectivity index (χ1) is 8.45. The largest absolute Gasteiger partial charge is 0.309 e. The predicted octanol–water partition coefficient (Wildman–Crippen LogP) is 3.26. The van der Waals surface area contributed by atoms with Crippen LogP contribution in [0.25, 0.3) is 0 Å². The summed E-state index contributed by atoms with van der Waals surface area (Å²) < 4.78 is 13.1. The van der Waals surface area contributed by atoms with E-state index < -0.39 is 10.7 Å². The summed E-state index contributed by atoms with van der Waals surface area (Å²) in [4.78, 5) is 10.4. The molecule has 1 aromatic carbocycles. The lowest BCUT2D eigenvalue weighted by Gasteiger charge is -2.20. The summed E-state index contributed by atoms with van der Waals surface area (Å²) in [5, 5.41) is 14.1. The maximum Gasteiger partial charge on any atom is 0.274 e. The van der Waals surface area contributed by atoms with Crippen LogP contribution in [0.2, 0.25) is 0 Å². The summed E-state index contributed by atoms with van der Waals surface area (Å²) in [6.07, 6.45) is 0.931. The second-order valence-corrected chi connectivity index (χ2v) is 4.67. The van der Waals surface area contributed by atoms with Crippen molar-refractivity contribution in [2.75, 3.05) is 0 Å². The van der Waals surface area contributed by atoms with Crippen molar-refractivity contribution in [2.24, 2.45) is 5.92 Å². The van der Waals surface area contributed by atoms with Crippen LogP contribution < -0.4 is 5.32 Å². The van der Waals surface area contributed by atoms with Crippen LogP contribution in [-0.4, -0.2) is 11.0 Å². The fraction of sp³-hybridized carbons (Fsp3) is 0.538. The Kier molecular flexibility index (Phi) is 5.22. The van der Waals surface area contributed by atoms with Crippen molar-refractivity contribution in [3.8, 4) is 0 Å². The number of hydrogen-bond acceptors (Lipinski definition) is 3. The van der Waals surface area contributed by atoms with Gasteiger partial charge in [0.25, 0.3) is 5.69 Å². The number of halogens is 1. The molecule has 0 bridgehead atoms. The van der Waals surface area contributed by atoms with Gasteiger partial charge in [-0.1, -0.05) is 20.8 Å². The van der Waals surface area contributed by atoms with E-state index in [2.05, 4.69) is 26.1 Å². The Morgan fingerprint density at radius 3 is 2.61 bits per heavy atom. The molecule has 1 N–H and O–H groups in total. The van der Waals surface area contributed by atoms with E-state index in [0.717, 1.165) is 12.5 Å². The van der Waals surface area contributed by atoms with E-state index in [-0.39, 0.29) is 11.7 Å². The third-order valence-electron chi connectivity index (χ3n) is 3.04. The third kappa shape index (κ3) is 3.77. The molecule has 0 aliphatic rings. The van der Waals surface area contributed by atoms with E-state index in [4.69, 9.17) is 0 Å². The molecule has 5 heteroatoms. The molecule has 0 aliphatic heterocycles. The van der Waals surface area contributed by atoms with E-state index in [0.29, 0.717) is 18.0 Å². The van der Waals surface area contributed by atoms with Gasteiger partial charge in [-0.25, -0.2) is 4.39 Å². The molecule has 1 aromatic rings. The maximum absolute atomic E-state index is 13.1. The molecule has 0 aromatic heterocycles. The van der Waals surface area contributed by atoms with Crippen LogP contribution in [0, 0.1) is 21.8 Å². The molecular formula is C13H19FN2O2. The Balaban J connectivity index is 2.83. The van der Waals surface area contributed by atoms with E-state index in [9.17, 15) is 14.5 Å². The topological polar surface area (TPSA) is 55.2 Å². The van der Waals surface area contributed by atoms with Gasteiger partial charge in [-0.15, -0.1) is 0 Å². The Morgan fingerprint density at radius 1 is 1.44 bits per heavy atom. The average molecular weight is 254 g/mol. The van der Waals surface area contributed by atoms with Crippen molar-refractivity contribution in [3.63, 3.8) is 0 Å². The smallest absolute Gasteiger partial charge is 0.274 e. The summed E-state index contributed by atoms with van der Waals surface area (Å²) in [7, 11) is 0. The Morgan fingerprint density at radius 2 is 2.11 bits per heavy atom. The van der Waals surface area contributed by atoms with E-state index in [1.54, 1.807) is 0 Å². The van der Waals surface area contributed by atoms with Gasteiger partial charge < -0.3 is 5.32 Å². The molecular weight excluding hydrogens is 235 g/mol. The van der Waals surface area contributed by atoms with Gasteiger partial charge in [-0.05, 0) is 24.5 Å². The molecule has 0 saturated carbocycles. The lowest BCUT2D eigenvalue weighted by molar-refractivity contribution is -0.385. The lowest BCUT2D eigenvalue weighted by atomic mass is 10.0. The van der Waals surface area contributed by atoms with Crippen molar-refractivity contribution < 1.29 is 9.31 Å². The number of nitrogens with zero attached hydrogens (tertiary/aromatic N) is 1. The first-order valence-electron chi connectivity index (χ1n) is 6.11. The van der Waals surface area contributed by atoms with Crippen LogP contribution in [0.5, 0.6) is 0 Å². The standard InChI is InChI=1S/C13H19FN2O2/c1-4-12(9(2)3)15-8-10-7-11(14)5-6-13(10)16(17)18/h5-7,9,12,15H,4,8H2,1-3H3. The highest BCUT2D eigenvalue weighted by atomic mass is 19.1. The van der Waals surface area contributed by atoms with Crippen LogP contribution >= 0.6 is 0 Å². The number of nitrogens with one attached hydrogen (secondary N) is 1. The summed E-state index contributed by atoms with van der Waals surface area (Å²) in [6, 6.07) is 3.82. The van der Waals surface area contributed by atoms with E-state index in [1.165, 1.54) is 12.1 Å². The monoisotopic (exact) mass is 254 g/mol. The quantitative estimate of drug-likeness (QED) is 0.626. The Labute approximate surface area is 106 Å². The van der Waals surface area contributed by atoms with Crippen LogP contribution in [0.15, 0.2) is 18.2 Å². The molecule has 0 aliphatic carbocycles. The average Bonchev–Trinajstić information content (AvgIpc) is 2.29. The summed E-state index contributed by atoms with van der Waals surface area (Å²) in [6.45, 7) is 6.53. The summed E-state index contributed by atoms with van der Waals surface area (Å²) >= 11 is 0. The van der Waals surface area contributed by atoms with Crippen molar-refractivity contribution in [1.82, 2.24) is 5.32 Å². The molecule has 1 atom stereocenters. The fourth-order valence-corrected chi connectivity index (χ4v) is 1.97. The minimum absolute atomic E-state index is 0.0393. The molecule has 0 amide bonds. The van der Waals surface area contributed by atoms with Gasteiger partial charge in [0.1, 0.15) is 5.82 Å². The fourth-order valence-electron chi connectivity index (χ4n) is 1.97. The van der Waals surface area contributed by atoms with Gasteiger partial charge >= 0.3 is 0 Å². The summed E-state index contributed by atoms with van der Waals surface area (Å²) in [5.41, 5.74) is 0.349. The molecule has 0 heterocycles. The van der Waals surface area contributed by atoms with Crippen molar-refractivity contribution >= 4 is 5.69 Å². The Bertz CT molecular complexity index is 421. The van der Waals surface area contributed by atoms with Crippen molar-refractivity contribution in [3.05, 3.63) is 39.7 Å². The van der Waals surface area contributed by atoms with Gasteiger partial charge in [-0.2, -0.15) is 0 Å². The summed E-state index contributed by atoms with van der Waals surface area (Å²) in [5.74, 6) is -0.0161. The van der Waals surface area contributed by atoms with Gasteiger partial charge in [0.15, 0.2) is 0 Å². The number of nitro groups is 1. The van der Waals surface area contributed by atoms with Gasteiger partial charge in [-0.3, -0.25) is 10.1 Å². The zero-order valence-electron chi connectivity index (χ0n) is 10.9. The van der Waals surface area contributed by atoms with Gasteiger partial charge in [0, 0.05) is 24.2 Å². The molecule has 1 rings (SSSR count). The lowest BCUT2D eigenvalue weighted by Crippen LogP contribution is -2.32. The number of benzene rings is 1. The zero-order valence-corrected chi connectivity index (χ0v) is 10.9.